The fourth-order valence-electron chi connectivity index (χ4n) is 3.68. The Morgan fingerprint density at radius 1 is 1.16 bits per heavy atom. The summed E-state index contributed by atoms with van der Waals surface area (Å²) in [6.07, 6.45) is 1.65. The van der Waals surface area contributed by atoms with Crippen LogP contribution in [0.15, 0.2) is 42.6 Å². The third-order valence-corrected chi connectivity index (χ3v) is 5.41. The molecule has 0 spiro atoms. The Balaban J connectivity index is 1.45. The predicted molar refractivity (Wildman–Crippen MR) is 114 cm³/mol. The first-order valence-electron chi connectivity index (χ1n) is 10.2. The largest absolute Gasteiger partial charge is 0.378 e. The fourth-order valence-corrected chi connectivity index (χ4v) is 3.68. The van der Waals surface area contributed by atoms with Crippen LogP contribution in [0.4, 0.5) is 10.2 Å². The molecule has 0 bridgehead atoms. The maximum absolute atomic E-state index is 13.6. The molecule has 2 aromatic heterocycles. The summed E-state index contributed by atoms with van der Waals surface area (Å²) < 4.78 is 20.6. The van der Waals surface area contributed by atoms with Gasteiger partial charge in [-0.2, -0.15) is 10.2 Å². The third kappa shape index (κ3) is 4.72. The summed E-state index contributed by atoms with van der Waals surface area (Å²) in [7, 11) is 1.60. The molecule has 3 aromatic rings. The summed E-state index contributed by atoms with van der Waals surface area (Å²) in [5.41, 5.74) is 2.85. The molecule has 1 saturated heterocycles. The molecule has 0 aliphatic carbocycles. The number of hydrogen-bond acceptors (Lipinski definition) is 6. The molecule has 0 N–H and O–H groups in total. The van der Waals surface area contributed by atoms with Crippen molar-refractivity contribution in [2.75, 3.05) is 38.2 Å². The van der Waals surface area contributed by atoms with Gasteiger partial charge in [0.1, 0.15) is 12.4 Å². The van der Waals surface area contributed by atoms with E-state index in [4.69, 9.17) is 4.74 Å². The van der Waals surface area contributed by atoms with Gasteiger partial charge in [-0.05, 0) is 48.9 Å². The van der Waals surface area contributed by atoms with E-state index in [2.05, 4.69) is 20.2 Å². The average Bonchev–Trinajstić information content (AvgIpc) is 3.19. The zero-order valence-electron chi connectivity index (χ0n) is 17.7. The van der Waals surface area contributed by atoms with Crippen molar-refractivity contribution in [3.8, 4) is 11.3 Å². The van der Waals surface area contributed by atoms with E-state index < -0.39 is 0 Å². The normalized spacial score (nSPS) is 14.2. The van der Waals surface area contributed by atoms with Gasteiger partial charge >= 0.3 is 0 Å². The minimum atomic E-state index is -0.254. The van der Waals surface area contributed by atoms with Gasteiger partial charge in [-0.1, -0.05) is 0 Å². The van der Waals surface area contributed by atoms with E-state index in [0.29, 0.717) is 44.0 Å². The van der Waals surface area contributed by atoms with E-state index in [1.165, 1.54) is 6.07 Å². The number of rotatable bonds is 6. The SMILES string of the molecule is COCc1cc(-c2ccc(F)c(C)c2)nn1CC(=O)N1CCN(c2cccnn2)CC1. The zero-order valence-corrected chi connectivity index (χ0v) is 17.7. The number of halogens is 1. The lowest BCUT2D eigenvalue weighted by Gasteiger charge is -2.35. The molecule has 8 nitrogen and oxygen atoms in total. The first kappa shape index (κ1) is 20.9. The molecule has 3 heterocycles. The second kappa shape index (κ2) is 9.22. The zero-order chi connectivity index (χ0) is 21.8. The number of methoxy groups -OCH3 is 1. The quantitative estimate of drug-likeness (QED) is 0.604. The summed E-state index contributed by atoms with van der Waals surface area (Å²) in [6.45, 7) is 4.81. The van der Waals surface area contributed by atoms with Gasteiger partial charge in [-0.15, -0.1) is 5.10 Å². The van der Waals surface area contributed by atoms with Crippen LogP contribution in [0.2, 0.25) is 0 Å². The minimum absolute atomic E-state index is 0.00101. The lowest BCUT2D eigenvalue weighted by atomic mass is 10.1. The molecule has 0 radical (unpaired) electrons. The highest BCUT2D eigenvalue weighted by Gasteiger charge is 2.23. The first-order chi connectivity index (χ1) is 15.0. The number of benzene rings is 1. The summed E-state index contributed by atoms with van der Waals surface area (Å²) in [5, 5.41) is 12.7. The van der Waals surface area contributed by atoms with Crippen LogP contribution >= 0.6 is 0 Å². The first-order valence-corrected chi connectivity index (χ1v) is 10.2. The predicted octanol–water partition coefficient (Wildman–Crippen LogP) is 2.28. The lowest BCUT2D eigenvalue weighted by molar-refractivity contribution is -0.132. The van der Waals surface area contributed by atoms with Gasteiger partial charge in [0.2, 0.25) is 5.91 Å². The van der Waals surface area contributed by atoms with E-state index in [1.54, 1.807) is 37.0 Å². The van der Waals surface area contributed by atoms with Crippen LogP contribution in [0.1, 0.15) is 11.3 Å². The van der Waals surface area contributed by atoms with Crippen molar-refractivity contribution < 1.29 is 13.9 Å². The number of amides is 1. The number of piperazine rings is 1. The molecular formula is C22H25FN6O2. The van der Waals surface area contributed by atoms with Crippen molar-refractivity contribution in [2.45, 2.75) is 20.1 Å². The van der Waals surface area contributed by atoms with E-state index >= 15 is 0 Å². The van der Waals surface area contributed by atoms with E-state index in [-0.39, 0.29) is 18.3 Å². The van der Waals surface area contributed by atoms with Gasteiger partial charge < -0.3 is 14.5 Å². The Morgan fingerprint density at radius 2 is 1.97 bits per heavy atom. The Labute approximate surface area is 180 Å². The minimum Gasteiger partial charge on any atom is -0.378 e. The molecule has 1 aliphatic rings. The molecule has 4 rings (SSSR count). The van der Waals surface area contributed by atoms with Gasteiger partial charge in [0.15, 0.2) is 5.82 Å². The molecule has 1 aliphatic heterocycles. The number of anilines is 1. The molecule has 162 valence electrons. The topological polar surface area (TPSA) is 76.4 Å². The second-order valence-electron chi connectivity index (χ2n) is 7.53. The van der Waals surface area contributed by atoms with Gasteiger partial charge in [-0.25, -0.2) is 4.39 Å². The number of ether oxygens (including phenoxy) is 1. The number of carbonyl (C=O) groups excluding carboxylic acids is 1. The standard InChI is InChI=1S/C22H25FN6O2/c1-16-12-17(5-6-19(16)23)20-13-18(15-31-2)29(26-20)14-22(30)28-10-8-27(9-11-28)21-4-3-7-24-25-21/h3-7,12-13H,8-11,14-15H2,1-2H3. The van der Waals surface area contributed by atoms with Crippen molar-refractivity contribution in [1.82, 2.24) is 24.9 Å². The number of aromatic nitrogens is 4. The number of aryl methyl sites for hydroxylation is 1. The van der Waals surface area contributed by atoms with Crippen LogP contribution in [0.3, 0.4) is 0 Å². The van der Waals surface area contributed by atoms with Crippen LogP contribution in [-0.4, -0.2) is 64.1 Å². The van der Waals surface area contributed by atoms with Crippen molar-refractivity contribution in [1.29, 1.82) is 0 Å². The maximum atomic E-state index is 13.6. The fraction of sp³-hybridized carbons (Fsp3) is 0.364. The molecular weight excluding hydrogens is 399 g/mol. The second-order valence-corrected chi connectivity index (χ2v) is 7.53. The van der Waals surface area contributed by atoms with Crippen LogP contribution < -0.4 is 4.90 Å². The maximum Gasteiger partial charge on any atom is 0.244 e. The average molecular weight is 424 g/mol. The summed E-state index contributed by atoms with van der Waals surface area (Å²) in [4.78, 5) is 16.9. The van der Waals surface area contributed by atoms with E-state index in [1.807, 2.05) is 23.1 Å². The summed E-state index contributed by atoms with van der Waals surface area (Å²) in [5.74, 6) is 0.570. The van der Waals surface area contributed by atoms with Gasteiger partial charge in [0.25, 0.3) is 0 Å². The molecule has 1 aromatic carbocycles. The van der Waals surface area contributed by atoms with Crippen LogP contribution in [0, 0.1) is 12.7 Å². The molecule has 0 atom stereocenters. The van der Waals surface area contributed by atoms with Crippen LogP contribution in [-0.2, 0) is 22.7 Å². The van der Waals surface area contributed by atoms with Gasteiger partial charge in [0, 0.05) is 45.0 Å². The van der Waals surface area contributed by atoms with E-state index in [9.17, 15) is 9.18 Å². The molecule has 1 fully saturated rings. The van der Waals surface area contributed by atoms with Crippen molar-refractivity contribution in [2.24, 2.45) is 0 Å². The smallest absolute Gasteiger partial charge is 0.244 e. The number of hydrogen-bond donors (Lipinski definition) is 0. The Bertz CT molecular complexity index is 1050. The molecule has 31 heavy (non-hydrogen) atoms. The molecule has 9 heteroatoms. The van der Waals surface area contributed by atoms with Gasteiger partial charge in [0.05, 0.1) is 18.0 Å². The monoisotopic (exact) mass is 424 g/mol. The summed E-state index contributed by atoms with van der Waals surface area (Å²) >= 11 is 0. The Morgan fingerprint density at radius 3 is 2.65 bits per heavy atom. The van der Waals surface area contributed by atoms with Crippen LogP contribution in [0.5, 0.6) is 0 Å². The number of carbonyl (C=O) groups is 1. The summed E-state index contributed by atoms with van der Waals surface area (Å²) in [6, 6.07) is 10.5. The van der Waals surface area contributed by atoms with Gasteiger partial charge in [-0.3, -0.25) is 9.48 Å². The molecule has 1 amide bonds. The van der Waals surface area contributed by atoms with Crippen molar-refractivity contribution >= 4 is 11.7 Å². The number of nitrogens with zero attached hydrogens (tertiary/aromatic N) is 6. The highest BCUT2D eigenvalue weighted by atomic mass is 19.1. The third-order valence-electron chi connectivity index (χ3n) is 5.41. The van der Waals surface area contributed by atoms with E-state index in [0.717, 1.165) is 17.1 Å². The van der Waals surface area contributed by atoms with Crippen molar-refractivity contribution in [3.05, 3.63) is 59.7 Å². The lowest BCUT2D eigenvalue weighted by Crippen LogP contribution is -2.50. The Kier molecular flexibility index (Phi) is 6.22. The Hall–Kier alpha value is -3.33. The van der Waals surface area contributed by atoms with Crippen molar-refractivity contribution in [3.63, 3.8) is 0 Å². The molecule has 0 unspecified atom stereocenters. The highest BCUT2D eigenvalue weighted by Crippen LogP contribution is 2.22. The highest BCUT2D eigenvalue weighted by molar-refractivity contribution is 5.76. The molecule has 0 saturated carbocycles. The van der Waals surface area contributed by atoms with Crippen LogP contribution in [0.25, 0.3) is 11.3 Å².